The molecule has 0 unspecified atom stereocenters. The second-order valence-electron chi connectivity index (χ2n) is 6.31. The molecule has 0 saturated carbocycles. The molecule has 0 aliphatic heterocycles. The highest BCUT2D eigenvalue weighted by atomic mass is 31.2. The first-order valence-corrected chi connectivity index (χ1v) is 9.85. The van der Waals surface area contributed by atoms with Crippen LogP contribution in [-0.4, -0.2) is 32.4 Å². The molecule has 0 amide bonds. The lowest BCUT2D eigenvalue weighted by Gasteiger charge is -2.27. The molecule has 6 heteroatoms. The molecule has 0 heterocycles. The van der Waals surface area contributed by atoms with Gasteiger partial charge in [-0.2, -0.15) is 0 Å². The maximum atomic E-state index is 13.6. The van der Waals surface area contributed by atoms with Crippen LogP contribution in [0.3, 0.4) is 0 Å². The van der Waals surface area contributed by atoms with Crippen molar-refractivity contribution in [3.8, 4) is 5.75 Å². The van der Waals surface area contributed by atoms with Crippen LogP contribution in [0.4, 0.5) is 5.69 Å². The first kappa shape index (κ1) is 19.5. The molecule has 0 spiro atoms. The Morgan fingerprint density at radius 2 is 1.56 bits per heavy atom. The maximum absolute atomic E-state index is 13.6. The summed E-state index contributed by atoms with van der Waals surface area (Å²) in [7, 11) is 1.93. The number of rotatable bonds is 7. The van der Waals surface area contributed by atoms with Crippen molar-refractivity contribution >= 4 is 18.4 Å². The van der Waals surface area contributed by atoms with Crippen LogP contribution in [0, 0.1) is 0 Å². The lowest BCUT2D eigenvalue weighted by atomic mass is 10.2. The van der Waals surface area contributed by atoms with Gasteiger partial charge in [-0.05, 0) is 55.8 Å². The van der Waals surface area contributed by atoms with Gasteiger partial charge in [-0.1, -0.05) is 12.1 Å². The minimum absolute atomic E-state index is 0.285. The van der Waals surface area contributed by atoms with Crippen molar-refractivity contribution in [2.45, 2.75) is 25.8 Å². The summed E-state index contributed by atoms with van der Waals surface area (Å²) in [5.74, 6) is -0.572. The van der Waals surface area contributed by atoms with E-state index in [0.29, 0.717) is 16.6 Å². The third-order valence-corrected chi connectivity index (χ3v) is 6.52. The van der Waals surface area contributed by atoms with E-state index in [9.17, 15) is 9.67 Å². The van der Waals surface area contributed by atoms with Crippen LogP contribution in [0.1, 0.15) is 25.3 Å². The van der Waals surface area contributed by atoms with Crippen molar-refractivity contribution < 1.29 is 18.9 Å². The Kier molecular flexibility index (Phi) is 6.28. The third kappa shape index (κ3) is 4.43. The topological polar surface area (TPSA) is 59.0 Å². The largest absolute Gasteiger partial charge is 0.497 e. The molecule has 0 radical (unpaired) electrons. The van der Waals surface area contributed by atoms with Gasteiger partial charge in [0.15, 0.2) is 5.85 Å². The predicted molar refractivity (Wildman–Crippen MR) is 102 cm³/mol. The van der Waals surface area contributed by atoms with E-state index in [1.807, 2.05) is 45.0 Å². The van der Waals surface area contributed by atoms with Gasteiger partial charge in [-0.15, -0.1) is 0 Å². The van der Waals surface area contributed by atoms with Gasteiger partial charge in [0.1, 0.15) is 5.75 Å². The second kappa shape index (κ2) is 8.05. The monoisotopic (exact) mass is 363 g/mol. The average molecular weight is 363 g/mol. The minimum Gasteiger partial charge on any atom is -0.497 e. The molecule has 2 aromatic rings. The van der Waals surface area contributed by atoms with Crippen LogP contribution in [-0.2, 0) is 9.09 Å². The lowest BCUT2D eigenvalue weighted by molar-refractivity contribution is 0.188. The molecule has 0 aliphatic rings. The van der Waals surface area contributed by atoms with Crippen LogP contribution < -0.4 is 14.9 Å². The standard InChI is InChI=1S/C19H26NO4P/c1-14(2)24-25(22,18-12-8-16(9-13-18)20(3)4)19(21)15-6-10-17(23-5)11-7-15/h6-14,19,21H,1-5H3/t19-,25-/m1/s1. The smallest absolute Gasteiger partial charge is 0.264 e. The summed E-state index contributed by atoms with van der Waals surface area (Å²) in [4.78, 5) is 1.96. The molecule has 2 rings (SSSR count). The molecule has 25 heavy (non-hydrogen) atoms. The number of anilines is 1. The number of nitrogens with zero attached hydrogens (tertiary/aromatic N) is 1. The van der Waals surface area contributed by atoms with Crippen molar-refractivity contribution in [2.24, 2.45) is 0 Å². The molecule has 2 aromatic carbocycles. The number of methoxy groups -OCH3 is 1. The van der Waals surface area contributed by atoms with Crippen molar-refractivity contribution in [3.05, 3.63) is 54.1 Å². The minimum atomic E-state index is -3.52. The average Bonchev–Trinajstić information content (AvgIpc) is 2.60. The van der Waals surface area contributed by atoms with E-state index in [1.54, 1.807) is 43.5 Å². The summed E-state index contributed by atoms with van der Waals surface area (Å²) in [6.45, 7) is 3.61. The number of benzene rings is 2. The fourth-order valence-corrected chi connectivity index (χ4v) is 4.78. The lowest BCUT2D eigenvalue weighted by Crippen LogP contribution is -2.18. The highest BCUT2D eigenvalue weighted by Crippen LogP contribution is 2.58. The molecular formula is C19H26NO4P. The number of hydrogen-bond acceptors (Lipinski definition) is 5. The summed E-state index contributed by atoms with van der Waals surface area (Å²) in [6, 6.07) is 14.1. The van der Waals surface area contributed by atoms with Gasteiger partial charge in [0.05, 0.1) is 13.2 Å². The van der Waals surface area contributed by atoms with Gasteiger partial charge in [-0.3, -0.25) is 4.57 Å². The number of ether oxygens (including phenoxy) is 1. The van der Waals surface area contributed by atoms with Crippen molar-refractivity contribution in [1.82, 2.24) is 0 Å². The van der Waals surface area contributed by atoms with Crippen LogP contribution >= 0.6 is 7.37 Å². The SMILES string of the molecule is COc1ccc([C@H](O)[P@](=O)(OC(C)C)c2ccc(N(C)C)cc2)cc1. The molecule has 0 aliphatic carbocycles. The molecule has 5 nitrogen and oxygen atoms in total. The third-order valence-electron chi connectivity index (χ3n) is 3.83. The van der Waals surface area contributed by atoms with Crippen LogP contribution in [0.5, 0.6) is 5.75 Å². The highest BCUT2D eigenvalue weighted by Gasteiger charge is 2.37. The number of aliphatic hydroxyl groups is 1. The first-order valence-electron chi connectivity index (χ1n) is 8.16. The predicted octanol–water partition coefficient (Wildman–Crippen LogP) is 3.78. The van der Waals surface area contributed by atoms with Gasteiger partial charge < -0.3 is 19.3 Å². The molecular weight excluding hydrogens is 337 g/mol. The summed E-state index contributed by atoms with van der Waals surface area (Å²) in [5, 5.41) is 11.3. The summed E-state index contributed by atoms with van der Waals surface area (Å²) >= 11 is 0. The van der Waals surface area contributed by atoms with Gasteiger partial charge in [0.25, 0.3) is 7.37 Å². The molecule has 136 valence electrons. The first-order chi connectivity index (χ1) is 11.8. The van der Waals surface area contributed by atoms with E-state index in [-0.39, 0.29) is 6.10 Å². The van der Waals surface area contributed by atoms with Crippen LogP contribution in [0.25, 0.3) is 0 Å². The van der Waals surface area contributed by atoms with Gasteiger partial charge in [0.2, 0.25) is 0 Å². The number of aliphatic hydroxyl groups excluding tert-OH is 1. The van der Waals surface area contributed by atoms with E-state index in [2.05, 4.69) is 0 Å². The van der Waals surface area contributed by atoms with E-state index >= 15 is 0 Å². The summed E-state index contributed by atoms with van der Waals surface area (Å²) in [5.41, 5.74) is 1.51. The Morgan fingerprint density at radius 1 is 1.00 bits per heavy atom. The Hall–Kier alpha value is -1.81. The van der Waals surface area contributed by atoms with E-state index in [0.717, 1.165) is 5.69 Å². The van der Waals surface area contributed by atoms with Crippen molar-refractivity contribution in [3.63, 3.8) is 0 Å². The molecule has 2 atom stereocenters. The fourth-order valence-electron chi connectivity index (χ4n) is 2.50. The fraction of sp³-hybridized carbons (Fsp3) is 0.368. The van der Waals surface area contributed by atoms with Gasteiger partial charge in [0, 0.05) is 25.1 Å². The molecule has 0 saturated heterocycles. The van der Waals surface area contributed by atoms with Gasteiger partial charge >= 0.3 is 0 Å². The number of hydrogen-bond donors (Lipinski definition) is 1. The van der Waals surface area contributed by atoms with Crippen LogP contribution in [0.2, 0.25) is 0 Å². The molecule has 1 N–H and O–H groups in total. The maximum Gasteiger partial charge on any atom is 0.264 e. The van der Waals surface area contributed by atoms with Crippen molar-refractivity contribution in [2.75, 3.05) is 26.1 Å². The Balaban J connectivity index is 2.43. The van der Waals surface area contributed by atoms with Crippen molar-refractivity contribution in [1.29, 1.82) is 0 Å². The molecule has 0 aromatic heterocycles. The summed E-state index contributed by atoms with van der Waals surface area (Å²) in [6.07, 6.45) is -0.285. The van der Waals surface area contributed by atoms with E-state index < -0.39 is 13.2 Å². The quantitative estimate of drug-likeness (QED) is 0.759. The Bertz CT molecular complexity index is 726. The summed E-state index contributed by atoms with van der Waals surface area (Å²) < 4.78 is 24.5. The Morgan fingerprint density at radius 3 is 2.00 bits per heavy atom. The zero-order chi connectivity index (χ0) is 18.6. The molecule has 0 fully saturated rings. The highest BCUT2D eigenvalue weighted by molar-refractivity contribution is 7.67. The normalized spacial score (nSPS) is 14.8. The van der Waals surface area contributed by atoms with E-state index in [4.69, 9.17) is 9.26 Å². The zero-order valence-corrected chi connectivity index (χ0v) is 16.2. The Labute approximate surface area is 149 Å². The zero-order valence-electron chi connectivity index (χ0n) is 15.3. The molecule has 0 bridgehead atoms. The van der Waals surface area contributed by atoms with Gasteiger partial charge in [-0.25, -0.2) is 0 Å². The second-order valence-corrected chi connectivity index (χ2v) is 8.72. The van der Waals surface area contributed by atoms with E-state index in [1.165, 1.54) is 0 Å². The van der Waals surface area contributed by atoms with Crippen LogP contribution in [0.15, 0.2) is 48.5 Å².